The highest BCUT2D eigenvalue weighted by atomic mass is 127. The number of hydrogen-bond acceptors (Lipinski definition) is 3. The average molecular weight is 461 g/mol. The summed E-state index contributed by atoms with van der Waals surface area (Å²) >= 11 is 0. The molecule has 0 spiro atoms. The van der Waals surface area contributed by atoms with Gasteiger partial charge in [-0.2, -0.15) is 5.10 Å². The second kappa shape index (κ2) is 8.70. The summed E-state index contributed by atoms with van der Waals surface area (Å²) in [6, 6.07) is 0. The van der Waals surface area contributed by atoms with E-state index < -0.39 is 5.60 Å². The summed E-state index contributed by atoms with van der Waals surface area (Å²) < 4.78 is 1.70. The van der Waals surface area contributed by atoms with Crippen LogP contribution in [0.5, 0.6) is 0 Å². The summed E-state index contributed by atoms with van der Waals surface area (Å²) in [5.74, 6) is 3.44. The number of nitrogens with one attached hydrogen (secondary N) is 2. The van der Waals surface area contributed by atoms with Crippen molar-refractivity contribution in [3.63, 3.8) is 0 Å². The molecule has 0 aliphatic heterocycles. The Hall–Kier alpha value is -0.830. The first-order valence-corrected chi connectivity index (χ1v) is 9.23. The van der Waals surface area contributed by atoms with Crippen LogP contribution in [0.2, 0.25) is 0 Å². The van der Waals surface area contributed by atoms with E-state index in [1.807, 2.05) is 13.2 Å². The van der Waals surface area contributed by atoms with Crippen molar-refractivity contribution in [3.8, 4) is 0 Å². The molecule has 2 aliphatic rings. The molecule has 142 valence electrons. The molecule has 0 aromatic carbocycles. The minimum Gasteiger partial charge on any atom is -0.383 e. The van der Waals surface area contributed by atoms with Crippen LogP contribution in [0.3, 0.4) is 0 Å². The van der Waals surface area contributed by atoms with Gasteiger partial charge in [-0.3, -0.25) is 4.68 Å². The van der Waals surface area contributed by atoms with E-state index >= 15 is 0 Å². The van der Waals surface area contributed by atoms with E-state index in [0.717, 1.165) is 42.4 Å². The molecular formula is C18H32IN5O. The van der Waals surface area contributed by atoms with Crippen LogP contribution in [-0.2, 0) is 12.6 Å². The van der Waals surface area contributed by atoms with Crippen LogP contribution in [0.1, 0.15) is 45.1 Å². The maximum absolute atomic E-state index is 10.7. The lowest BCUT2D eigenvalue weighted by Gasteiger charge is -2.22. The number of aryl methyl sites for hydroxylation is 1. The van der Waals surface area contributed by atoms with Crippen LogP contribution in [0.15, 0.2) is 17.4 Å². The third-order valence-electron chi connectivity index (χ3n) is 5.18. The topological polar surface area (TPSA) is 74.5 Å². The summed E-state index contributed by atoms with van der Waals surface area (Å²) in [4.78, 5) is 4.61. The van der Waals surface area contributed by atoms with Crippen molar-refractivity contribution in [1.29, 1.82) is 0 Å². The van der Waals surface area contributed by atoms with Gasteiger partial charge in [-0.05, 0) is 57.3 Å². The normalized spacial score (nSPS) is 20.1. The van der Waals surface area contributed by atoms with Gasteiger partial charge in [-0.1, -0.05) is 0 Å². The number of nitrogens with zero attached hydrogens (tertiary/aromatic N) is 3. The molecule has 3 N–H and O–H groups in total. The SMILES string of the molecule is CCNC(=NCC(C)(O)c1cnn(C)c1)NCC(C1CC1)C1CC1.I. The Morgan fingerprint density at radius 2 is 2.00 bits per heavy atom. The molecule has 3 rings (SSSR count). The number of halogens is 1. The number of hydrogen-bond donors (Lipinski definition) is 3. The van der Waals surface area contributed by atoms with Crippen molar-refractivity contribution in [3.05, 3.63) is 18.0 Å². The maximum atomic E-state index is 10.7. The zero-order chi connectivity index (χ0) is 17.2. The lowest BCUT2D eigenvalue weighted by atomic mass is 9.98. The largest absolute Gasteiger partial charge is 0.383 e. The van der Waals surface area contributed by atoms with Crippen molar-refractivity contribution in [2.75, 3.05) is 19.6 Å². The van der Waals surface area contributed by atoms with Crippen molar-refractivity contribution >= 4 is 29.9 Å². The Kier molecular flexibility index (Phi) is 7.13. The van der Waals surface area contributed by atoms with Crippen LogP contribution in [0.4, 0.5) is 0 Å². The average Bonchev–Trinajstić information content (AvgIpc) is 3.46. The number of aromatic nitrogens is 2. The van der Waals surface area contributed by atoms with E-state index in [2.05, 4.69) is 27.6 Å². The van der Waals surface area contributed by atoms with E-state index in [9.17, 15) is 5.11 Å². The highest BCUT2D eigenvalue weighted by Crippen LogP contribution is 2.48. The Labute approximate surface area is 167 Å². The first kappa shape index (κ1) is 20.5. The van der Waals surface area contributed by atoms with Gasteiger partial charge in [0.2, 0.25) is 0 Å². The second-order valence-corrected chi connectivity index (χ2v) is 7.59. The molecule has 1 atom stereocenters. The number of aliphatic hydroxyl groups is 1. The van der Waals surface area contributed by atoms with Gasteiger partial charge in [0.05, 0.1) is 12.7 Å². The molecule has 7 heteroatoms. The molecule has 1 unspecified atom stereocenters. The highest BCUT2D eigenvalue weighted by molar-refractivity contribution is 14.0. The van der Waals surface area contributed by atoms with E-state index in [1.165, 1.54) is 25.7 Å². The Bertz CT molecular complexity index is 566. The van der Waals surface area contributed by atoms with Crippen molar-refractivity contribution in [1.82, 2.24) is 20.4 Å². The first-order valence-electron chi connectivity index (χ1n) is 9.23. The minimum atomic E-state index is -1.01. The van der Waals surface area contributed by atoms with Gasteiger partial charge in [0.15, 0.2) is 5.96 Å². The van der Waals surface area contributed by atoms with Crippen molar-refractivity contribution in [2.45, 2.75) is 45.1 Å². The van der Waals surface area contributed by atoms with Gasteiger partial charge in [-0.15, -0.1) is 24.0 Å². The van der Waals surface area contributed by atoms with Crippen LogP contribution in [-0.4, -0.2) is 40.5 Å². The molecule has 1 heterocycles. The monoisotopic (exact) mass is 461 g/mol. The van der Waals surface area contributed by atoms with Gasteiger partial charge >= 0.3 is 0 Å². The highest BCUT2D eigenvalue weighted by Gasteiger charge is 2.41. The summed E-state index contributed by atoms with van der Waals surface area (Å²) in [5, 5.41) is 21.6. The van der Waals surface area contributed by atoms with Gasteiger partial charge < -0.3 is 15.7 Å². The molecule has 0 bridgehead atoms. The van der Waals surface area contributed by atoms with Gasteiger partial charge in [0.25, 0.3) is 0 Å². The number of rotatable bonds is 8. The quantitative estimate of drug-likeness (QED) is 0.316. The van der Waals surface area contributed by atoms with Crippen LogP contribution < -0.4 is 10.6 Å². The third kappa shape index (κ3) is 5.84. The second-order valence-electron chi connectivity index (χ2n) is 7.59. The van der Waals surface area contributed by atoms with Crippen LogP contribution >= 0.6 is 24.0 Å². The van der Waals surface area contributed by atoms with E-state index in [-0.39, 0.29) is 24.0 Å². The van der Waals surface area contributed by atoms with Crippen molar-refractivity contribution < 1.29 is 5.11 Å². The summed E-state index contributed by atoms with van der Waals surface area (Å²) in [6.07, 6.45) is 9.12. The van der Waals surface area contributed by atoms with E-state index in [4.69, 9.17) is 0 Å². The minimum absolute atomic E-state index is 0. The van der Waals surface area contributed by atoms with Gasteiger partial charge in [0, 0.05) is 31.9 Å². The Morgan fingerprint density at radius 3 is 2.48 bits per heavy atom. The lowest BCUT2D eigenvalue weighted by molar-refractivity contribution is 0.0671. The zero-order valence-corrected chi connectivity index (χ0v) is 17.9. The Morgan fingerprint density at radius 1 is 1.36 bits per heavy atom. The summed E-state index contributed by atoms with van der Waals surface area (Å²) in [5.41, 5.74) is -0.221. The molecule has 25 heavy (non-hydrogen) atoms. The summed E-state index contributed by atoms with van der Waals surface area (Å²) in [7, 11) is 1.85. The van der Waals surface area contributed by atoms with Crippen molar-refractivity contribution in [2.24, 2.45) is 29.8 Å². The summed E-state index contributed by atoms with van der Waals surface area (Å²) in [6.45, 7) is 5.98. The molecule has 6 nitrogen and oxygen atoms in total. The predicted octanol–water partition coefficient (Wildman–Crippen LogP) is 2.24. The van der Waals surface area contributed by atoms with Crippen LogP contribution in [0.25, 0.3) is 0 Å². The fourth-order valence-electron chi connectivity index (χ4n) is 3.35. The fourth-order valence-corrected chi connectivity index (χ4v) is 3.35. The molecule has 1 aromatic rings. The predicted molar refractivity (Wildman–Crippen MR) is 111 cm³/mol. The fraction of sp³-hybridized carbons (Fsp3) is 0.778. The Balaban J connectivity index is 0.00000225. The maximum Gasteiger partial charge on any atom is 0.191 e. The lowest BCUT2D eigenvalue weighted by Crippen LogP contribution is -2.41. The van der Waals surface area contributed by atoms with Gasteiger partial charge in [-0.25, -0.2) is 4.99 Å². The molecule has 2 saturated carbocycles. The smallest absolute Gasteiger partial charge is 0.191 e. The number of aliphatic imine (C=N–C) groups is 1. The molecule has 2 aliphatic carbocycles. The van der Waals surface area contributed by atoms with E-state index in [0.29, 0.717) is 6.54 Å². The molecule has 0 saturated heterocycles. The molecule has 0 amide bonds. The third-order valence-corrected chi connectivity index (χ3v) is 5.18. The standard InChI is InChI=1S/C18H31N5O.HI/c1-4-19-17(20-10-16(13-5-6-13)14-7-8-14)21-12-18(2,24)15-9-22-23(3)11-15;/h9,11,13-14,16,24H,4-8,10,12H2,1-3H3,(H2,19,20,21);1H. The molecule has 1 aromatic heterocycles. The van der Waals surface area contributed by atoms with Crippen LogP contribution in [0, 0.1) is 17.8 Å². The molecule has 2 fully saturated rings. The van der Waals surface area contributed by atoms with E-state index in [1.54, 1.807) is 17.8 Å². The number of guanidine groups is 1. The van der Waals surface area contributed by atoms with Gasteiger partial charge in [0.1, 0.15) is 5.60 Å². The molecular weight excluding hydrogens is 429 g/mol. The zero-order valence-electron chi connectivity index (χ0n) is 15.5. The molecule has 0 radical (unpaired) electrons. The first-order chi connectivity index (χ1) is 11.5.